The average Bonchev–Trinajstić information content (AvgIpc) is 2.83. The van der Waals surface area contributed by atoms with Crippen LogP contribution in [0.4, 0.5) is 13.2 Å². The van der Waals surface area contributed by atoms with Crippen LogP contribution in [-0.2, 0) is 4.79 Å². The molecule has 1 aliphatic rings. The van der Waals surface area contributed by atoms with Crippen LogP contribution in [0.15, 0.2) is 0 Å². The summed E-state index contributed by atoms with van der Waals surface area (Å²) in [6.07, 6.45) is -4.01. The molecular formula is C10H11F3O2. The molecule has 5 heteroatoms. The fraction of sp³-hybridized carbons (Fsp3) is 0.700. The normalized spacial score (nSPS) is 17.8. The second-order valence-electron chi connectivity index (χ2n) is 3.65. The van der Waals surface area contributed by atoms with E-state index in [0.717, 1.165) is 12.8 Å². The SMILES string of the molecule is O=C(O)C(CC#CC1CC1)CC(F)(F)F. The monoisotopic (exact) mass is 220 g/mol. The molecule has 1 atom stereocenters. The van der Waals surface area contributed by atoms with E-state index < -0.39 is 24.5 Å². The molecule has 1 rings (SSSR count). The smallest absolute Gasteiger partial charge is 0.389 e. The Morgan fingerprint density at radius 1 is 1.47 bits per heavy atom. The minimum atomic E-state index is -4.44. The van der Waals surface area contributed by atoms with Crippen molar-refractivity contribution in [2.24, 2.45) is 11.8 Å². The van der Waals surface area contributed by atoms with E-state index in [2.05, 4.69) is 11.8 Å². The Labute approximate surface area is 85.5 Å². The van der Waals surface area contributed by atoms with Crippen LogP contribution in [0.3, 0.4) is 0 Å². The maximum Gasteiger partial charge on any atom is 0.389 e. The topological polar surface area (TPSA) is 37.3 Å². The molecule has 0 heterocycles. The first kappa shape index (κ1) is 11.9. The second kappa shape index (κ2) is 4.56. The summed E-state index contributed by atoms with van der Waals surface area (Å²) >= 11 is 0. The van der Waals surface area contributed by atoms with Crippen LogP contribution in [0.2, 0.25) is 0 Å². The first-order valence-corrected chi connectivity index (χ1v) is 4.66. The molecule has 1 saturated carbocycles. The lowest BCUT2D eigenvalue weighted by molar-refractivity contribution is -0.163. The van der Waals surface area contributed by atoms with Crippen molar-refractivity contribution in [1.29, 1.82) is 0 Å². The van der Waals surface area contributed by atoms with Gasteiger partial charge in [-0.2, -0.15) is 13.2 Å². The van der Waals surface area contributed by atoms with Gasteiger partial charge in [-0.3, -0.25) is 4.79 Å². The van der Waals surface area contributed by atoms with Crippen LogP contribution in [0.25, 0.3) is 0 Å². The van der Waals surface area contributed by atoms with Gasteiger partial charge in [0.05, 0.1) is 12.3 Å². The lowest BCUT2D eigenvalue weighted by Crippen LogP contribution is -2.21. The number of aliphatic carboxylic acids is 1. The fourth-order valence-corrected chi connectivity index (χ4v) is 1.08. The van der Waals surface area contributed by atoms with Gasteiger partial charge in [0.15, 0.2) is 0 Å². The Morgan fingerprint density at radius 2 is 2.07 bits per heavy atom. The Hall–Kier alpha value is -1.18. The molecule has 84 valence electrons. The Bertz CT molecular complexity index is 294. The van der Waals surface area contributed by atoms with Crippen molar-refractivity contribution in [2.75, 3.05) is 0 Å². The number of carboxylic acid groups (broad SMARTS) is 1. The predicted octanol–water partition coefficient (Wildman–Crippen LogP) is 2.44. The summed E-state index contributed by atoms with van der Waals surface area (Å²) in [7, 11) is 0. The molecule has 1 N–H and O–H groups in total. The Balaban J connectivity index is 2.43. The van der Waals surface area contributed by atoms with Crippen LogP contribution in [0.1, 0.15) is 25.7 Å². The molecule has 0 bridgehead atoms. The number of hydrogen-bond acceptors (Lipinski definition) is 1. The minimum Gasteiger partial charge on any atom is -0.481 e. The zero-order valence-electron chi connectivity index (χ0n) is 7.97. The van der Waals surface area contributed by atoms with E-state index in [4.69, 9.17) is 5.11 Å². The Kier molecular flexibility index (Phi) is 3.61. The van der Waals surface area contributed by atoms with Crippen LogP contribution in [0.5, 0.6) is 0 Å². The highest BCUT2D eigenvalue weighted by atomic mass is 19.4. The quantitative estimate of drug-likeness (QED) is 0.742. The highest BCUT2D eigenvalue weighted by Crippen LogP contribution is 2.29. The van der Waals surface area contributed by atoms with Gasteiger partial charge < -0.3 is 5.11 Å². The Morgan fingerprint density at radius 3 is 2.47 bits per heavy atom. The van der Waals surface area contributed by atoms with Crippen molar-refractivity contribution < 1.29 is 23.1 Å². The molecule has 2 nitrogen and oxygen atoms in total. The van der Waals surface area contributed by atoms with E-state index in [0.29, 0.717) is 0 Å². The summed E-state index contributed by atoms with van der Waals surface area (Å²) in [5, 5.41) is 8.55. The minimum absolute atomic E-state index is 0.217. The van der Waals surface area contributed by atoms with Gasteiger partial charge in [-0.15, -0.1) is 5.92 Å². The molecule has 1 aliphatic carbocycles. The summed E-state index contributed by atoms with van der Waals surface area (Å²) < 4.78 is 35.9. The lowest BCUT2D eigenvalue weighted by Gasteiger charge is -2.11. The van der Waals surface area contributed by atoms with Gasteiger partial charge in [0.1, 0.15) is 0 Å². The van der Waals surface area contributed by atoms with Crippen molar-refractivity contribution in [3.63, 3.8) is 0 Å². The number of carbonyl (C=O) groups is 1. The van der Waals surface area contributed by atoms with E-state index in [1.54, 1.807) is 0 Å². The van der Waals surface area contributed by atoms with Gasteiger partial charge in [-0.05, 0) is 12.8 Å². The van der Waals surface area contributed by atoms with Gasteiger partial charge in [-0.25, -0.2) is 0 Å². The molecule has 0 aromatic heterocycles. The van der Waals surface area contributed by atoms with Gasteiger partial charge in [0.25, 0.3) is 0 Å². The van der Waals surface area contributed by atoms with Gasteiger partial charge >= 0.3 is 12.1 Å². The highest BCUT2D eigenvalue weighted by molar-refractivity contribution is 5.70. The molecule has 0 radical (unpaired) electrons. The van der Waals surface area contributed by atoms with E-state index in [-0.39, 0.29) is 12.3 Å². The van der Waals surface area contributed by atoms with Crippen LogP contribution >= 0.6 is 0 Å². The van der Waals surface area contributed by atoms with Crippen molar-refractivity contribution in [3.05, 3.63) is 0 Å². The number of rotatable bonds is 3. The predicted molar refractivity (Wildman–Crippen MR) is 46.9 cm³/mol. The van der Waals surface area contributed by atoms with Gasteiger partial charge in [0, 0.05) is 12.3 Å². The number of hydrogen-bond donors (Lipinski definition) is 1. The van der Waals surface area contributed by atoms with Crippen LogP contribution in [-0.4, -0.2) is 17.3 Å². The molecule has 0 saturated heterocycles. The maximum absolute atomic E-state index is 12.0. The van der Waals surface area contributed by atoms with Crippen LogP contribution in [0, 0.1) is 23.7 Å². The first-order chi connectivity index (χ1) is 6.88. The second-order valence-corrected chi connectivity index (χ2v) is 3.65. The number of carboxylic acids is 1. The van der Waals surface area contributed by atoms with Crippen molar-refractivity contribution in [3.8, 4) is 11.8 Å². The van der Waals surface area contributed by atoms with E-state index in [9.17, 15) is 18.0 Å². The zero-order valence-corrected chi connectivity index (χ0v) is 7.97. The van der Waals surface area contributed by atoms with Gasteiger partial charge in [-0.1, -0.05) is 5.92 Å². The third kappa shape index (κ3) is 5.31. The lowest BCUT2D eigenvalue weighted by atomic mass is 10.0. The standard InChI is InChI=1S/C10H11F3O2/c11-10(12,13)6-8(9(14)15)3-1-2-7-4-5-7/h7-8H,3-6H2,(H,14,15). The third-order valence-electron chi connectivity index (χ3n) is 2.06. The molecule has 1 fully saturated rings. The summed E-state index contributed by atoms with van der Waals surface area (Å²) in [5.41, 5.74) is 0. The molecule has 0 aromatic carbocycles. The van der Waals surface area contributed by atoms with Crippen molar-refractivity contribution >= 4 is 5.97 Å². The van der Waals surface area contributed by atoms with Gasteiger partial charge in [0.2, 0.25) is 0 Å². The molecule has 15 heavy (non-hydrogen) atoms. The fourth-order valence-electron chi connectivity index (χ4n) is 1.08. The molecular weight excluding hydrogens is 209 g/mol. The summed E-state index contributed by atoms with van der Waals surface area (Å²) in [5.74, 6) is 2.68. The third-order valence-corrected chi connectivity index (χ3v) is 2.06. The molecule has 0 aromatic rings. The highest BCUT2D eigenvalue weighted by Gasteiger charge is 2.34. The average molecular weight is 220 g/mol. The first-order valence-electron chi connectivity index (χ1n) is 4.66. The largest absolute Gasteiger partial charge is 0.481 e. The molecule has 0 aliphatic heterocycles. The number of halogens is 3. The van der Waals surface area contributed by atoms with E-state index in [1.165, 1.54) is 0 Å². The maximum atomic E-state index is 12.0. The van der Waals surface area contributed by atoms with Crippen molar-refractivity contribution in [1.82, 2.24) is 0 Å². The van der Waals surface area contributed by atoms with E-state index in [1.807, 2.05) is 0 Å². The van der Waals surface area contributed by atoms with E-state index >= 15 is 0 Å². The molecule has 1 unspecified atom stereocenters. The summed E-state index contributed by atoms with van der Waals surface area (Å²) in [4.78, 5) is 10.5. The summed E-state index contributed by atoms with van der Waals surface area (Å²) in [6.45, 7) is 0. The zero-order chi connectivity index (χ0) is 11.5. The number of alkyl halides is 3. The van der Waals surface area contributed by atoms with Crippen LogP contribution < -0.4 is 0 Å². The molecule has 0 amide bonds. The summed E-state index contributed by atoms with van der Waals surface area (Å²) in [6, 6.07) is 0. The van der Waals surface area contributed by atoms with Crippen molar-refractivity contribution in [2.45, 2.75) is 31.9 Å². The molecule has 0 spiro atoms.